The summed E-state index contributed by atoms with van der Waals surface area (Å²) in [5.41, 5.74) is -0.0124. The molecule has 45 heteroatoms. The Morgan fingerprint density at radius 2 is 0.778 bits per heavy atom. The van der Waals surface area contributed by atoms with Crippen LogP contribution in [0.3, 0.4) is 0 Å². The highest BCUT2D eigenvalue weighted by atomic mass is 30.1. The van der Waals surface area contributed by atoms with E-state index in [2.05, 4.69) is 0 Å². The van der Waals surface area contributed by atoms with Crippen LogP contribution in [0.4, 0.5) is 0 Å². The normalized spacial score (nSPS) is 12.0. The molecule has 0 aromatic heterocycles. The largest absolute Gasteiger partial charge is 0.457 e. The van der Waals surface area contributed by atoms with E-state index in [4.69, 9.17) is 8.23 Å². The molecular formula is C9H30O21Si24. The zero-order chi connectivity index (χ0) is 42.8. The van der Waals surface area contributed by atoms with E-state index < -0.39 is 191 Å². The summed E-state index contributed by atoms with van der Waals surface area (Å²) in [6.07, 6.45) is 0. The predicted octanol–water partition coefficient (Wildman–Crippen LogP) is -7.93. The average Bonchev–Trinajstić information content (AvgIpc) is 3.12. The molecule has 1 unspecified atom stereocenters. The molecule has 0 spiro atoms. The highest BCUT2D eigenvalue weighted by molar-refractivity contribution is 7.81. The van der Waals surface area contributed by atoms with Gasteiger partial charge in [-0.3, -0.25) is 0 Å². The van der Waals surface area contributed by atoms with Gasteiger partial charge in [0.2, 0.25) is 27.1 Å². The van der Waals surface area contributed by atoms with Crippen molar-refractivity contribution in [2.24, 2.45) is 0 Å². The van der Waals surface area contributed by atoms with Crippen molar-refractivity contribution in [1.82, 2.24) is 0 Å². The molecule has 0 saturated carbocycles. The lowest BCUT2D eigenvalue weighted by Gasteiger charge is -2.15. The summed E-state index contributed by atoms with van der Waals surface area (Å²) in [4.78, 5) is 0. The van der Waals surface area contributed by atoms with Crippen molar-refractivity contribution in [1.29, 1.82) is 0 Å². The van der Waals surface area contributed by atoms with Crippen LogP contribution >= 0.6 is 0 Å². The Hall–Kier alpha value is 1.33. The molecule has 0 aliphatic rings. The Balaban J connectivity index is 5.53. The average molecular weight is 1150 g/mol. The number of hydrogen-bond acceptors (Lipinski definition) is 21. The van der Waals surface area contributed by atoms with Crippen LogP contribution in [0.1, 0.15) is 6.92 Å². The molecule has 1 atom stereocenters. The Labute approximate surface area is 338 Å². The van der Waals surface area contributed by atoms with E-state index in [1.807, 2.05) is 19.6 Å². The lowest BCUT2D eigenvalue weighted by Crippen LogP contribution is -2.57. The molecule has 0 rings (SSSR count). The van der Waals surface area contributed by atoms with Gasteiger partial charge in [0, 0.05) is 0 Å². The predicted molar refractivity (Wildman–Crippen MR) is 211 cm³/mol. The summed E-state index contributed by atoms with van der Waals surface area (Å²) in [6, 6.07) is 0.258. The smallest absolute Gasteiger partial charge is 0.381 e. The molecule has 21 nitrogen and oxygen atoms in total. The molecule has 0 radical (unpaired) electrons. The molecule has 0 aromatic rings. The van der Waals surface area contributed by atoms with Gasteiger partial charge in [-0.2, -0.15) is 0 Å². The molecular weight excluding hydrogens is 1120 g/mol. The molecule has 0 bridgehead atoms. The second kappa shape index (κ2) is 24.5. The zero-order valence-corrected chi connectivity index (χ0v) is 54.5. The van der Waals surface area contributed by atoms with Crippen LogP contribution in [0, 0.1) is 0 Å². The van der Waals surface area contributed by atoms with Gasteiger partial charge in [-0.15, -0.1) is 0 Å². The molecule has 54 heavy (non-hydrogen) atoms. The highest BCUT2D eigenvalue weighted by Gasteiger charge is 2.55. The van der Waals surface area contributed by atoms with E-state index in [9.17, 15) is 84.8 Å². The van der Waals surface area contributed by atoms with Crippen LogP contribution in [0.2, 0.25) is 51.0 Å². The van der Waals surface area contributed by atoms with Gasteiger partial charge < -0.3 is 93.0 Å². The first-order valence-electron chi connectivity index (χ1n) is 15.0. The van der Waals surface area contributed by atoms with Crippen LogP contribution in [-0.4, -0.2) is 191 Å². The van der Waals surface area contributed by atoms with E-state index in [1.165, 1.54) is 19.6 Å². The zero-order valence-electron chi connectivity index (χ0n) is 29.5. The van der Waals surface area contributed by atoms with Gasteiger partial charge in [0.1, 0.15) is 7.59 Å². The Bertz CT molecular complexity index is 1900. The second-order valence-electron chi connectivity index (χ2n) is 12.5. The fourth-order valence-corrected chi connectivity index (χ4v) is 253. The minimum atomic E-state index is -4.34. The van der Waals surface area contributed by atoms with Crippen LogP contribution in [-0.2, 0) is 93.0 Å². The molecule has 288 valence electrons. The summed E-state index contributed by atoms with van der Waals surface area (Å²) in [6.45, 7) is 11.3. The van der Waals surface area contributed by atoms with Crippen LogP contribution in [0.5, 0.6) is 0 Å². The van der Waals surface area contributed by atoms with E-state index in [0.717, 1.165) is 0 Å². The standard InChI is InChI=1S/C9H30O21Si24/c1-8-34(10)9-54(6,7)52(28)51(27)50(26)49(25)48(24)47(23)46(22)45(21)44(20)43(19)42(18)41(17)40(16)39(15)35(11)31-29-33(2)37(13)38(14)36(12)32-30-53(3,4)5/h33H,8-9,31-32H2,1-7H3. The third-order valence-electron chi connectivity index (χ3n) is 6.53. The molecule has 0 aliphatic carbocycles. The summed E-state index contributed by atoms with van der Waals surface area (Å²) >= 11 is 0. The first-order chi connectivity index (χ1) is 24.5. The van der Waals surface area contributed by atoms with Crippen molar-refractivity contribution < 1.29 is 93.0 Å². The summed E-state index contributed by atoms with van der Waals surface area (Å²) in [5, 5.41) is 0. The van der Waals surface area contributed by atoms with Crippen molar-refractivity contribution in [2.45, 2.75) is 57.9 Å². The van der Waals surface area contributed by atoms with Gasteiger partial charge in [-0.1, -0.05) is 20.0 Å². The number of hydrogen-bond donors (Lipinski definition) is 0. The maximum atomic E-state index is 12.9. The molecule has 0 fully saturated rings. The quantitative estimate of drug-likeness (QED) is 0.0690. The van der Waals surface area contributed by atoms with Gasteiger partial charge in [-0.05, 0) is 37.9 Å². The topological polar surface area (TPSA) is 343 Å². The van der Waals surface area contributed by atoms with Crippen molar-refractivity contribution in [3.8, 4) is 0 Å². The van der Waals surface area contributed by atoms with Crippen LogP contribution in [0.25, 0.3) is 0 Å². The first-order valence-corrected chi connectivity index (χ1v) is 75.0. The molecule has 0 aromatic carbocycles. The van der Waals surface area contributed by atoms with Gasteiger partial charge in [0.25, 0.3) is 8.68 Å². The SMILES string of the molecule is CC[Si](=O)C[Si](C)(C)[Si](=O)[Si](=O)[Si](=O)[Si](=O)[Si](=O)[Si](=O)[Si](=O)[Si](=O)[Si](=O)[Si](=O)[Si](=O)[Si](=O)[Si](=O)[Si](=O)[Si](=O)[SiH2]O[SiH](C)[Si](=O)[Si](=O)[Si](=O)[SiH2]O[Si](C)(C)C. The van der Waals surface area contributed by atoms with E-state index >= 15 is 0 Å². The fraction of sp³-hybridized carbons (Fsp3) is 1.00. The maximum absolute atomic E-state index is 12.9. The lowest BCUT2D eigenvalue weighted by atomic mass is 11.0. The van der Waals surface area contributed by atoms with Crippen LogP contribution in [0.15, 0.2) is 0 Å². The van der Waals surface area contributed by atoms with Gasteiger partial charge in [0.15, 0.2) is 8.32 Å². The van der Waals surface area contributed by atoms with E-state index in [-0.39, 0.29) is 11.7 Å². The fourth-order valence-electron chi connectivity index (χ4n) is 3.38. The molecule has 0 heterocycles. The highest BCUT2D eigenvalue weighted by Crippen LogP contribution is 2.11. The monoisotopic (exact) mass is 1150 g/mol. The lowest BCUT2D eigenvalue weighted by molar-refractivity contribution is 0.532. The molecule has 0 amide bonds. The van der Waals surface area contributed by atoms with Crippen molar-refractivity contribution in [3.05, 3.63) is 0 Å². The van der Waals surface area contributed by atoms with E-state index in [1.54, 1.807) is 6.92 Å². The van der Waals surface area contributed by atoms with Crippen molar-refractivity contribution in [2.75, 3.05) is 0 Å². The Morgan fingerprint density at radius 3 is 1.11 bits per heavy atom. The summed E-state index contributed by atoms with van der Waals surface area (Å²) in [7, 11) is -83.6. The Kier molecular flexibility index (Phi) is 25.2. The number of rotatable bonds is 27. The minimum absolute atomic E-state index is 0.0124. The Morgan fingerprint density at radius 1 is 0.463 bits per heavy atom. The second-order valence-corrected chi connectivity index (χ2v) is 128. The van der Waals surface area contributed by atoms with Gasteiger partial charge in [0.05, 0.1) is 0 Å². The minimum Gasteiger partial charge on any atom is -0.457 e. The van der Waals surface area contributed by atoms with Crippen molar-refractivity contribution >= 4 is 191 Å². The van der Waals surface area contributed by atoms with E-state index in [0.29, 0.717) is 0 Å². The van der Waals surface area contributed by atoms with Gasteiger partial charge in [-0.25, -0.2) is 0 Å². The maximum Gasteiger partial charge on any atom is 0.381 e. The van der Waals surface area contributed by atoms with Crippen LogP contribution < -0.4 is 0 Å². The van der Waals surface area contributed by atoms with Crippen molar-refractivity contribution in [3.63, 3.8) is 0 Å². The molecule has 0 aliphatic heterocycles. The summed E-state index contributed by atoms with van der Waals surface area (Å²) < 4.78 is 251. The molecule has 0 N–H and O–H groups in total. The first kappa shape index (κ1) is 55.3. The molecule has 0 saturated heterocycles. The summed E-state index contributed by atoms with van der Waals surface area (Å²) in [5.74, 6) is 0. The third kappa shape index (κ3) is 16.8. The third-order valence-corrected chi connectivity index (χ3v) is 181. The van der Waals surface area contributed by atoms with Gasteiger partial charge >= 0.3 is 139 Å².